The van der Waals surface area contributed by atoms with Crippen LogP contribution in [0, 0.1) is 22.9 Å². The van der Waals surface area contributed by atoms with E-state index in [-0.39, 0.29) is 11.6 Å². The highest BCUT2D eigenvalue weighted by atomic mass is 32.2. The highest BCUT2D eigenvalue weighted by Gasteiger charge is 2.33. The fourth-order valence-corrected chi connectivity index (χ4v) is 4.30. The van der Waals surface area contributed by atoms with E-state index in [9.17, 15) is 19.3 Å². The Morgan fingerprint density at radius 3 is 2.57 bits per heavy atom. The van der Waals surface area contributed by atoms with Crippen molar-refractivity contribution >= 4 is 51.7 Å². The molecule has 1 fully saturated rings. The Kier molecular flexibility index (Phi) is 5.23. The lowest BCUT2D eigenvalue weighted by Crippen LogP contribution is -2.27. The van der Waals surface area contributed by atoms with Crippen LogP contribution in [0.5, 0.6) is 0 Å². The quantitative estimate of drug-likeness (QED) is 0.224. The van der Waals surface area contributed by atoms with Gasteiger partial charge in [-0.3, -0.25) is 19.8 Å². The van der Waals surface area contributed by atoms with Crippen LogP contribution in [-0.2, 0) is 4.79 Å². The number of anilines is 1. The minimum Gasteiger partial charge on any atom is -0.457 e. The van der Waals surface area contributed by atoms with Crippen molar-refractivity contribution in [1.29, 1.82) is 0 Å². The number of thiocarbonyl (C=S) groups is 1. The largest absolute Gasteiger partial charge is 0.457 e. The van der Waals surface area contributed by atoms with Crippen LogP contribution in [0.15, 0.2) is 63.9 Å². The molecule has 1 aliphatic rings. The van der Waals surface area contributed by atoms with Gasteiger partial charge < -0.3 is 4.42 Å². The number of nitrogens with zero attached hydrogens (tertiary/aromatic N) is 2. The van der Waals surface area contributed by atoms with Crippen molar-refractivity contribution in [3.63, 3.8) is 0 Å². The maximum Gasteiger partial charge on any atom is 0.270 e. The number of nitro benzene ring substituents is 1. The van der Waals surface area contributed by atoms with Gasteiger partial charge in [-0.15, -0.1) is 0 Å². The summed E-state index contributed by atoms with van der Waals surface area (Å²) in [5, 5.41) is 10.9. The van der Waals surface area contributed by atoms with Crippen LogP contribution < -0.4 is 4.90 Å². The molecule has 0 radical (unpaired) electrons. The zero-order chi connectivity index (χ0) is 21.4. The summed E-state index contributed by atoms with van der Waals surface area (Å²) in [4.78, 5) is 25.0. The van der Waals surface area contributed by atoms with Crippen molar-refractivity contribution in [2.75, 3.05) is 4.90 Å². The molecular formula is C21H13FN2O4S2. The molecular weight excluding hydrogens is 427 g/mol. The summed E-state index contributed by atoms with van der Waals surface area (Å²) in [6, 6.07) is 13.5. The molecule has 0 bridgehead atoms. The second kappa shape index (κ2) is 7.85. The average Bonchev–Trinajstić information content (AvgIpc) is 3.27. The minimum absolute atomic E-state index is 0.00694. The molecule has 1 aromatic heterocycles. The van der Waals surface area contributed by atoms with Crippen LogP contribution >= 0.6 is 24.0 Å². The summed E-state index contributed by atoms with van der Waals surface area (Å²) in [6.07, 6.45) is 1.59. The van der Waals surface area contributed by atoms with Crippen LogP contribution in [0.1, 0.15) is 11.3 Å². The van der Waals surface area contributed by atoms with E-state index in [2.05, 4.69) is 0 Å². The summed E-state index contributed by atoms with van der Waals surface area (Å²) < 4.78 is 19.3. The molecule has 0 N–H and O–H groups in total. The van der Waals surface area contributed by atoms with Gasteiger partial charge in [0.2, 0.25) is 0 Å². The van der Waals surface area contributed by atoms with Gasteiger partial charge in [0.25, 0.3) is 11.6 Å². The fourth-order valence-electron chi connectivity index (χ4n) is 3.02. The van der Waals surface area contributed by atoms with E-state index >= 15 is 0 Å². The second-order valence-corrected chi connectivity index (χ2v) is 8.13. The Labute approximate surface area is 180 Å². The Morgan fingerprint density at radius 1 is 1.17 bits per heavy atom. The van der Waals surface area contributed by atoms with Crippen molar-refractivity contribution in [3.8, 4) is 11.3 Å². The summed E-state index contributed by atoms with van der Waals surface area (Å²) in [5.74, 6) is 0.260. The molecule has 0 spiro atoms. The van der Waals surface area contributed by atoms with E-state index in [1.165, 1.54) is 41.3 Å². The predicted molar refractivity (Wildman–Crippen MR) is 118 cm³/mol. The first kappa shape index (κ1) is 20.0. The summed E-state index contributed by atoms with van der Waals surface area (Å²) in [5.41, 5.74) is 1.92. The first-order valence-corrected chi connectivity index (χ1v) is 9.95. The second-order valence-electron chi connectivity index (χ2n) is 6.45. The normalized spacial score (nSPS) is 15.3. The Morgan fingerprint density at radius 2 is 1.90 bits per heavy atom. The number of carbonyl (C=O) groups excluding carboxylic acids is 1. The van der Waals surface area contributed by atoms with E-state index in [0.29, 0.717) is 32.0 Å². The van der Waals surface area contributed by atoms with Gasteiger partial charge in [0, 0.05) is 23.8 Å². The first-order chi connectivity index (χ1) is 14.3. The van der Waals surface area contributed by atoms with Gasteiger partial charge in [0.1, 0.15) is 17.3 Å². The van der Waals surface area contributed by atoms with Gasteiger partial charge in [0.05, 0.1) is 15.5 Å². The maximum absolute atomic E-state index is 13.2. The van der Waals surface area contributed by atoms with Crippen LogP contribution in [0.3, 0.4) is 0 Å². The molecule has 0 unspecified atom stereocenters. The summed E-state index contributed by atoms with van der Waals surface area (Å²) >= 11 is 6.43. The number of nitro groups is 1. The molecule has 30 heavy (non-hydrogen) atoms. The topological polar surface area (TPSA) is 76.6 Å². The molecule has 4 rings (SSSR count). The van der Waals surface area contributed by atoms with E-state index < -0.39 is 10.7 Å². The monoisotopic (exact) mass is 440 g/mol. The third kappa shape index (κ3) is 3.77. The van der Waals surface area contributed by atoms with Crippen LogP contribution in [0.25, 0.3) is 17.4 Å². The zero-order valence-corrected chi connectivity index (χ0v) is 17.1. The number of benzene rings is 2. The highest BCUT2D eigenvalue weighted by Crippen LogP contribution is 2.37. The fraction of sp³-hybridized carbons (Fsp3) is 0.0476. The lowest BCUT2D eigenvalue weighted by atomic mass is 10.1. The van der Waals surface area contributed by atoms with Crippen LogP contribution in [-0.4, -0.2) is 15.2 Å². The van der Waals surface area contributed by atoms with Crippen molar-refractivity contribution < 1.29 is 18.5 Å². The number of hydrogen-bond acceptors (Lipinski definition) is 6. The Bertz CT molecular complexity index is 1220. The molecule has 3 aromatic rings. The molecule has 2 heterocycles. The number of furan rings is 1. The third-order valence-corrected chi connectivity index (χ3v) is 5.77. The van der Waals surface area contributed by atoms with Crippen molar-refractivity contribution in [2.24, 2.45) is 0 Å². The van der Waals surface area contributed by atoms with Crippen molar-refractivity contribution in [2.45, 2.75) is 6.92 Å². The average molecular weight is 440 g/mol. The highest BCUT2D eigenvalue weighted by molar-refractivity contribution is 8.27. The number of aryl methyl sites for hydroxylation is 1. The van der Waals surface area contributed by atoms with Gasteiger partial charge in [-0.25, -0.2) is 4.39 Å². The standard InChI is InChI=1S/C21H13FN2O4S2/c1-12-10-15(24(26)27)6-8-17(12)18-9-7-16(28-18)11-19-20(25)23(21(29)30-19)14-4-2-13(22)3-5-14/h2-11H,1H3/b19-11+. The molecule has 1 saturated heterocycles. The number of thioether (sulfide) groups is 1. The van der Waals surface area contributed by atoms with Gasteiger partial charge in [0.15, 0.2) is 4.32 Å². The van der Waals surface area contributed by atoms with Crippen LogP contribution in [0.2, 0.25) is 0 Å². The molecule has 0 atom stereocenters. The number of rotatable bonds is 4. The SMILES string of the molecule is Cc1cc([N+](=O)[O-])ccc1-c1ccc(/C=C2/SC(=S)N(c3ccc(F)cc3)C2=O)o1. The number of carbonyl (C=O) groups is 1. The number of hydrogen-bond donors (Lipinski definition) is 0. The Hall–Kier alpha value is -3.30. The maximum atomic E-state index is 13.2. The summed E-state index contributed by atoms with van der Waals surface area (Å²) in [7, 11) is 0. The zero-order valence-electron chi connectivity index (χ0n) is 15.5. The molecule has 0 saturated carbocycles. The van der Waals surface area contributed by atoms with Crippen LogP contribution in [0.4, 0.5) is 15.8 Å². The number of halogens is 1. The van der Waals surface area contributed by atoms with Gasteiger partial charge in [-0.2, -0.15) is 0 Å². The minimum atomic E-state index is -0.451. The van der Waals surface area contributed by atoms with Gasteiger partial charge in [-0.1, -0.05) is 24.0 Å². The molecule has 9 heteroatoms. The van der Waals surface area contributed by atoms with Crippen molar-refractivity contribution in [1.82, 2.24) is 0 Å². The molecule has 0 aliphatic carbocycles. The molecule has 1 aliphatic heterocycles. The molecule has 150 valence electrons. The molecule has 6 nitrogen and oxygen atoms in total. The summed E-state index contributed by atoms with van der Waals surface area (Å²) in [6.45, 7) is 1.76. The lowest BCUT2D eigenvalue weighted by molar-refractivity contribution is -0.384. The lowest BCUT2D eigenvalue weighted by Gasteiger charge is -2.14. The smallest absolute Gasteiger partial charge is 0.270 e. The Balaban J connectivity index is 1.60. The first-order valence-electron chi connectivity index (χ1n) is 8.72. The number of amides is 1. The number of non-ortho nitro benzene ring substituents is 1. The van der Waals surface area contributed by atoms with Gasteiger partial charge >= 0.3 is 0 Å². The van der Waals surface area contributed by atoms with E-state index in [4.69, 9.17) is 16.6 Å². The molecule has 1 amide bonds. The molecule has 2 aromatic carbocycles. The van der Waals surface area contributed by atoms with E-state index in [1.807, 2.05) is 0 Å². The van der Waals surface area contributed by atoms with E-state index in [1.54, 1.807) is 31.2 Å². The van der Waals surface area contributed by atoms with Crippen molar-refractivity contribution in [3.05, 3.63) is 86.8 Å². The third-order valence-electron chi connectivity index (χ3n) is 4.46. The predicted octanol–water partition coefficient (Wildman–Crippen LogP) is 5.71. The van der Waals surface area contributed by atoms with E-state index in [0.717, 1.165) is 17.3 Å². The van der Waals surface area contributed by atoms with Gasteiger partial charge in [-0.05, 0) is 55.0 Å².